The Morgan fingerprint density at radius 2 is 1.97 bits per heavy atom. The summed E-state index contributed by atoms with van der Waals surface area (Å²) in [6, 6.07) is 8.99. The molecule has 9 N–H and O–H groups in total. The average Bonchev–Trinajstić information content (AvgIpc) is 3.29. The number of benzene rings is 1. The molecule has 3 aromatic rings. The maximum atomic E-state index is 12.6. The summed E-state index contributed by atoms with van der Waals surface area (Å²) in [5.41, 5.74) is 26.7. The molecule has 0 fully saturated rings. The number of amides is 1. The number of nitrogens with two attached hydrogens (primary N) is 4. The highest BCUT2D eigenvalue weighted by Gasteiger charge is 2.13. The third-order valence-electron chi connectivity index (χ3n) is 4.82. The number of nitrogens with one attached hydrogen (secondary N) is 1. The molecule has 32 heavy (non-hydrogen) atoms. The highest BCUT2D eigenvalue weighted by Crippen LogP contribution is 2.22. The zero-order chi connectivity index (χ0) is 23.1. The van der Waals surface area contributed by atoms with Crippen LogP contribution in [0.15, 0.2) is 59.5 Å². The van der Waals surface area contributed by atoms with Gasteiger partial charge in [0.1, 0.15) is 17.5 Å². The summed E-state index contributed by atoms with van der Waals surface area (Å²) in [6.45, 7) is 0.843. The van der Waals surface area contributed by atoms with E-state index >= 15 is 0 Å². The third-order valence-corrected chi connectivity index (χ3v) is 4.82. The van der Waals surface area contributed by atoms with Gasteiger partial charge in [0.15, 0.2) is 0 Å². The molecule has 0 aliphatic rings. The Bertz CT molecular complexity index is 1120. The molecule has 0 aliphatic heterocycles. The molecule has 0 radical (unpaired) electrons. The maximum Gasteiger partial charge on any atom is 0.253 e. The molecule has 1 aromatic carbocycles. The number of allylic oxidation sites excluding steroid dienone is 1. The minimum Gasteiger partial charge on any atom is -0.404 e. The lowest BCUT2D eigenvalue weighted by Gasteiger charge is -2.15. The highest BCUT2D eigenvalue weighted by molar-refractivity contribution is 5.94. The molecule has 0 spiro atoms. The second-order valence-electron chi connectivity index (χ2n) is 7.29. The monoisotopic (exact) mass is 433 g/mol. The molecule has 166 valence electrons. The second-order valence-corrected chi connectivity index (χ2v) is 7.29. The van der Waals surface area contributed by atoms with E-state index in [-0.39, 0.29) is 11.7 Å². The summed E-state index contributed by atoms with van der Waals surface area (Å²) in [6.07, 6.45) is 6.96. The van der Waals surface area contributed by atoms with Crippen LogP contribution in [0.1, 0.15) is 27.3 Å². The SMILES string of the molecule is CN(Cc1ncc[nH]1)C(=O)c1ccc(CN=CC(=CN)Cc2cc(N)nc(N)c2N)cc1. The predicted octanol–water partition coefficient (Wildman–Crippen LogP) is 1.48. The first-order chi connectivity index (χ1) is 15.4. The average molecular weight is 434 g/mol. The van der Waals surface area contributed by atoms with Gasteiger partial charge in [-0.2, -0.15) is 0 Å². The fourth-order valence-electron chi connectivity index (χ4n) is 3.09. The molecular weight excluding hydrogens is 406 g/mol. The summed E-state index contributed by atoms with van der Waals surface area (Å²) in [5.74, 6) is 1.13. The Kier molecular flexibility index (Phi) is 7.06. The summed E-state index contributed by atoms with van der Waals surface area (Å²) in [4.78, 5) is 29.7. The summed E-state index contributed by atoms with van der Waals surface area (Å²) in [5, 5.41) is 0. The molecule has 0 saturated heterocycles. The van der Waals surface area contributed by atoms with Crippen molar-refractivity contribution in [3.63, 3.8) is 0 Å². The van der Waals surface area contributed by atoms with Crippen LogP contribution in [0.3, 0.4) is 0 Å². The first-order valence-electron chi connectivity index (χ1n) is 9.91. The Balaban J connectivity index is 1.58. The molecule has 10 heteroatoms. The molecule has 0 atom stereocenters. The predicted molar refractivity (Wildman–Crippen MR) is 126 cm³/mol. The summed E-state index contributed by atoms with van der Waals surface area (Å²) < 4.78 is 0. The normalized spacial score (nSPS) is 11.7. The minimum atomic E-state index is -0.0849. The van der Waals surface area contributed by atoms with Gasteiger partial charge >= 0.3 is 0 Å². The van der Waals surface area contributed by atoms with Gasteiger partial charge in [0.05, 0.1) is 18.8 Å². The molecular formula is C22H27N9O. The van der Waals surface area contributed by atoms with Crippen LogP contribution >= 0.6 is 0 Å². The van der Waals surface area contributed by atoms with Crippen molar-refractivity contribution < 1.29 is 4.79 Å². The van der Waals surface area contributed by atoms with E-state index in [9.17, 15) is 4.79 Å². The molecule has 0 bridgehead atoms. The van der Waals surface area contributed by atoms with Crippen molar-refractivity contribution in [1.29, 1.82) is 0 Å². The summed E-state index contributed by atoms with van der Waals surface area (Å²) >= 11 is 0. The lowest BCUT2D eigenvalue weighted by atomic mass is 10.1. The number of aliphatic imine (C=N–C) groups is 1. The van der Waals surface area contributed by atoms with Gasteiger partial charge in [0.2, 0.25) is 0 Å². The van der Waals surface area contributed by atoms with E-state index in [1.165, 1.54) is 6.20 Å². The number of hydrogen-bond donors (Lipinski definition) is 5. The number of carbonyl (C=O) groups excluding carboxylic acids is 1. The first kappa shape index (κ1) is 22.3. The van der Waals surface area contributed by atoms with Gasteiger partial charge in [-0.25, -0.2) is 9.97 Å². The number of rotatable bonds is 8. The molecule has 3 rings (SSSR count). The largest absolute Gasteiger partial charge is 0.404 e. The van der Waals surface area contributed by atoms with E-state index in [1.54, 1.807) is 48.8 Å². The molecule has 10 nitrogen and oxygen atoms in total. The summed E-state index contributed by atoms with van der Waals surface area (Å²) in [7, 11) is 1.74. The van der Waals surface area contributed by atoms with Crippen LogP contribution in [0.5, 0.6) is 0 Å². The van der Waals surface area contributed by atoms with E-state index in [0.717, 1.165) is 22.5 Å². The number of hydrogen-bond acceptors (Lipinski definition) is 8. The number of imidazole rings is 1. The van der Waals surface area contributed by atoms with Crippen molar-refractivity contribution in [2.24, 2.45) is 10.7 Å². The van der Waals surface area contributed by atoms with Gasteiger partial charge in [-0.15, -0.1) is 0 Å². The zero-order valence-corrected chi connectivity index (χ0v) is 17.8. The van der Waals surface area contributed by atoms with E-state index in [4.69, 9.17) is 22.9 Å². The smallest absolute Gasteiger partial charge is 0.253 e. The number of H-pyrrole nitrogens is 1. The number of aromatic nitrogens is 3. The van der Waals surface area contributed by atoms with Crippen LogP contribution in [-0.4, -0.2) is 39.0 Å². The molecule has 2 heterocycles. The lowest BCUT2D eigenvalue weighted by Crippen LogP contribution is -2.26. The van der Waals surface area contributed by atoms with Crippen LogP contribution in [0.25, 0.3) is 0 Å². The van der Waals surface area contributed by atoms with Gasteiger partial charge in [0, 0.05) is 37.6 Å². The van der Waals surface area contributed by atoms with E-state index in [2.05, 4.69) is 19.9 Å². The number of nitrogen functional groups attached to an aromatic ring is 3. The van der Waals surface area contributed by atoms with E-state index in [1.807, 2.05) is 12.1 Å². The van der Waals surface area contributed by atoms with Crippen LogP contribution in [-0.2, 0) is 19.5 Å². The number of pyridine rings is 1. The van der Waals surface area contributed by atoms with Crippen LogP contribution in [0.2, 0.25) is 0 Å². The molecule has 0 aliphatic carbocycles. The Hall–Kier alpha value is -4.34. The fourth-order valence-corrected chi connectivity index (χ4v) is 3.09. The second kappa shape index (κ2) is 10.1. The Morgan fingerprint density at radius 3 is 2.62 bits per heavy atom. The quantitative estimate of drug-likeness (QED) is 0.334. The number of carbonyl (C=O) groups is 1. The standard InChI is InChI=1S/C22H27N9O/c1-31(13-19-28-6-7-29-19)22(32)16-4-2-14(3-5-16)11-27-12-15(10-23)8-17-9-18(24)30-21(26)20(17)25/h2-7,9-10,12H,8,11,13,23,25H2,1H3,(H,28,29)(H4,24,26,30). The Morgan fingerprint density at radius 1 is 1.22 bits per heavy atom. The Labute approximate surface area is 186 Å². The minimum absolute atomic E-state index is 0.0849. The van der Waals surface area contributed by atoms with Crippen LogP contribution < -0.4 is 22.9 Å². The van der Waals surface area contributed by atoms with Gasteiger partial charge in [-0.3, -0.25) is 9.79 Å². The maximum absolute atomic E-state index is 12.6. The van der Waals surface area contributed by atoms with Crippen molar-refractivity contribution in [2.75, 3.05) is 24.2 Å². The number of anilines is 3. The number of nitrogens with zero attached hydrogens (tertiary/aromatic N) is 4. The molecule has 2 aromatic heterocycles. The van der Waals surface area contributed by atoms with Gasteiger partial charge in [-0.05, 0) is 41.1 Å². The van der Waals surface area contributed by atoms with E-state index < -0.39 is 0 Å². The van der Waals surface area contributed by atoms with Gasteiger partial charge in [-0.1, -0.05) is 12.1 Å². The van der Waals surface area contributed by atoms with Gasteiger partial charge in [0.25, 0.3) is 5.91 Å². The zero-order valence-electron chi connectivity index (χ0n) is 17.8. The molecule has 0 unspecified atom stereocenters. The van der Waals surface area contributed by atoms with E-state index in [0.29, 0.717) is 36.6 Å². The van der Waals surface area contributed by atoms with Crippen molar-refractivity contribution in [3.05, 3.63) is 77.0 Å². The molecule has 0 saturated carbocycles. The van der Waals surface area contributed by atoms with Gasteiger partial charge < -0.3 is 32.8 Å². The fraction of sp³-hybridized carbons (Fsp3) is 0.182. The topological polar surface area (TPSA) is 178 Å². The van der Waals surface area contributed by atoms with Crippen molar-refractivity contribution >= 4 is 29.4 Å². The highest BCUT2D eigenvalue weighted by atomic mass is 16.2. The van der Waals surface area contributed by atoms with Crippen molar-refractivity contribution in [1.82, 2.24) is 19.9 Å². The van der Waals surface area contributed by atoms with Crippen molar-refractivity contribution in [2.45, 2.75) is 19.5 Å². The van der Waals surface area contributed by atoms with Crippen LogP contribution in [0.4, 0.5) is 17.3 Å². The third kappa shape index (κ3) is 5.63. The first-order valence-corrected chi connectivity index (χ1v) is 9.91. The lowest BCUT2D eigenvalue weighted by molar-refractivity contribution is 0.0782. The van der Waals surface area contributed by atoms with Crippen molar-refractivity contribution in [3.8, 4) is 0 Å². The van der Waals surface area contributed by atoms with Crippen LogP contribution in [0, 0.1) is 0 Å². The number of aromatic amines is 1. The molecule has 1 amide bonds.